The summed E-state index contributed by atoms with van der Waals surface area (Å²) in [4.78, 5) is 2.53. The molecule has 2 nitrogen and oxygen atoms in total. The molecular weight excluding hydrogens is 653 g/mol. The quantitative estimate of drug-likeness (QED) is 0.185. The maximum absolute atomic E-state index is 4.29. The summed E-state index contributed by atoms with van der Waals surface area (Å²) < 4.78 is 0. The molecule has 1 N–H and O–H groups in total. The number of aryl methyl sites for hydroxylation is 10. The van der Waals surface area contributed by atoms with Gasteiger partial charge in [0.2, 0.25) is 0 Å². The normalized spacial score (nSPS) is 14.9. The summed E-state index contributed by atoms with van der Waals surface area (Å²) in [6, 6.07) is 44.0. The van der Waals surface area contributed by atoms with Crippen LogP contribution < -0.4 is 10.2 Å². The Morgan fingerprint density at radius 1 is 0.481 bits per heavy atom. The van der Waals surface area contributed by atoms with E-state index in [0.717, 1.165) is 6.42 Å². The molecule has 8 rings (SSSR count). The molecule has 270 valence electrons. The number of fused-ring (bicyclic) bond motifs is 5. The van der Waals surface area contributed by atoms with Crippen molar-refractivity contribution in [1.29, 1.82) is 0 Å². The Morgan fingerprint density at radius 3 is 1.70 bits per heavy atom. The second-order valence-corrected chi connectivity index (χ2v) is 16.1. The number of rotatable bonds is 6. The topological polar surface area (TPSA) is 15.3 Å². The van der Waals surface area contributed by atoms with Crippen LogP contribution in [0.2, 0.25) is 0 Å². The van der Waals surface area contributed by atoms with E-state index in [1.54, 1.807) is 0 Å². The highest BCUT2D eigenvalue weighted by molar-refractivity contribution is 6.06. The van der Waals surface area contributed by atoms with Gasteiger partial charge in [0.25, 0.3) is 0 Å². The molecule has 0 saturated heterocycles. The third kappa shape index (κ3) is 5.80. The molecule has 0 fully saturated rings. The largest absolute Gasteiger partial charge is 0.371 e. The lowest BCUT2D eigenvalue weighted by Gasteiger charge is -2.44. The predicted octanol–water partition coefficient (Wildman–Crippen LogP) is 14.0. The molecular formula is C52H52N2. The summed E-state index contributed by atoms with van der Waals surface area (Å²) in [6.07, 6.45) is 0.807. The van der Waals surface area contributed by atoms with Gasteiger partial charge in [-0.15, -0.1) is 0 Å². The number of hydrogen-bond acceptors (Lipinski definition) is 2. The Balaban J connectivity index is 1.46. The maximum Gasteiger partial charge on any atom is 0.0926 e. The summed E-state index contributed by atoms with van der Waals surface area (Å²) in [6.45, 7) is 22.3. The SMILES string of the molecule is Cc1cc(C)c(NC2(c3ccc(C)c(C)c3)Cc3c(cc(N(c4ccc(C)c(C)c4)c4c(C)cc(C)cc4C)c4ccccc34)-c3ccccc32)c(C)c1. The lowest BCUT2D eigenvalue weighted by atomic mass is 9.68. The van der Waals surface area contributed by atoms with Crippen LogP contribution in [0.25, 0.3) is 21.9 Å². The fourth-order valence-electron chi connectivity index (χ4n) is 9.30. The first kappa shape index (κ1) is 35.4. The standard InChI is InChI=1S/C52H52N2/c1-31-23-37(7)50(38(8)24-31)53-52(41-21-19-33(3)35(5)27-41)30-47-43-15-11-12-17-45(43)49(29-46(47)44-16-13-14-18-48(44)52)54(42-22-20-34(4)36(6)28-42)51-39(9)25-32(2)26-40(51)10/h11-29,53H,30H2,1-10H3. The summed E-state index contributed by atoms with van der Waals surface area (Å²) >= 11 is 0. The van der Waals surface area contributed by atoms with E-state index >= 15 is 0 Å². The second kappa shape index (κ2) is 13.4. The fraction of sp³-hybridized carbons (Fsp3) is 0.231. The van der Waals surface area contributed by atoms with Gasteiger partial charge >= 0.3 is 0 Å². The molecule has 1 unspecified atom stereocenters. The van der Waals surface area contributed by atoms with Crippen molar-refractivity contribution in [3.8, 4) is 11.1 Å². The van der Waals surface area contributed by atoms with Crippen LogP contribution in [0, 0.1) is 69.2 Å². The van der Waals surface area contributed by atoms with Crippen molar-refractivity contribution in [1.82, 2.24) is 0 Å². The van der Waals surface area contributed by atoms with Crippen LogP contribution in [0.15, 0.2) is 115 Å². The highest BCUT2D eigenvalue weighted by Gasteiger charge is 2.42. The summed E-state index contributed by atoms with van der Waals surface area (Å²) in [5, 5.41) is 6.84. The first-order valence-corrected chi connectivity index (χ1v) is 19.4. The molecule has 0 aromatic heterocycles. The monoisotopic (exact) mass is 704 g/mol. The minimum atomic E-state index is -0.505. The van der Waals surface area contributed by atoms with Crippen molar-refractivity contribution < 1.29 is 0 Å². The Hall–Kier alpha value is -5.60. The van der Waals surface area contributed by atoms with Crippen LogP contribution in [0.3, 0.4) is 0 Å². The van der Waals surface area contributed by atoms with Crippen molar-refractivity contribution in [2.45, 2.75) is 81.2 Å². The highest BCUT2D eigenvalue weighted by atomic mass is 15.1. The summed E-state index contributed by atoms with van der Waals surface area (Å²) in [5.74, 6) is 0. The van der Waals surface area contributed by atoms with E-state index in [0.29, 0.717) is 0 Å². The molecule has 0 heterocycles. The van der Waals surface area contributed by atoms with Crippen molar-refractivity contribution >= 4 is 33.5 Å². The molecule has 0 radical (unpaired) electrons. The third-order valence-corrected chi connectivity index (χ3v) is 12.1. The lowest BCUT2D eigenvalue weighted by molar-refractivity contribution is 0.579. The Morgan fingerprint density at radius 2 is 1.06 bits per heavy atom. The Bertz CT molecular complexity index is 2580. The highest BCUT2D eigenvalue weighted by Crippen LogP contribution is 2.53. The van der Waals surface area contributed by atoms with Crippen LogP contribution >= 0.6 is 0 Å². The number of nitrogens with one attached hydrogen (secondary N) is 1. The molecule has 0 spiro atoms. The van der Waals surface area contributed by atoms with Crippen LogP contribution in [-0.2, 0) is 12.0 Å². The minimum Gasteiger partial charge on any atom is -0.371 e. The number of benzene rings is 7. The van der Waals surface area contributed by atoms with Gasteiger partial charge in [-0.2, -0.15) is 0 Å². The molecule has 2 heteroatoms. The zero-order valence-corrected chi connectivity index (χ0v) is 33.6. The van der Waals surface area contributed by atoms with Gasteiger partial charge in [0, 0.05) is 23.2 Å². The third-order valence-electron chi connectivity index (χ3n) is 12.1. The van der Waals surface area contributed by atoms with Crippen LogP contribution in [0.1, 0.15) is 72.3 Å². The van der Waals surface area contributed by atoms with Crippen molar-refractivity contribution in [2.24, 2.45) is 0 Å². The average Bonchev–Trinajstić information content (AvgIpc) is 3.13. The Kier molecular flexibility index (Phi) is 8.77. The fourth-order valence-corrected chi connectivity index (χ4v) is 9.30. The van der Waals surface area contributed by atoms with Crippen LogP contribution in [0.5, 0.6) is 0 Å². The van der Waals surface area contributed by atoms with E-state index in [2.05, 4.69) is 195 Å². The maximum atomic E-state index is 4.29. The van der Waals surface area contributed by atoms with Crippen molar-refractivity contribution in [3.05, 3.63) is 188 Å². The summed E-state index contributed by atoms with van der Waals surface area (Å²) in [7, 11) is 0. The minimum absolute atomic E-state index is 0.505. The van der Waals surface area contributed by atoms with E-state index in [1.165, 1.54) is 117 Å². The molecule has 1 aliphatic carbocycles. The average molecular weight is 705 g/mol. The van der Waals surface area contributed by atoms with E-state index in [-0.39, 0.29) is 0 Å². The Labute approximate surface area is 322 Å². The first-order chi connectivity index (χ1) is 25.9. The van der Waals surface area contributed by atoms with Gasteiger partial charge in [-0.25, -0.2) is 0 Å². The molecule has 0 saturated carbocycles. The van der Waals surface area contributed by atoms with Gasteiger partial charge in [0.1, 0.15) is 0 Å². The van der Waals surface area contributed by atoms with Crippen molar-refractivity contribution in [3.63, 3.8) is 0 Å². The number of nitrogens with zero attached hydrogens (tertiary/aromatic N) is 1. The van der Waals surface area contributed by atoms with Crippen LogP contribution in [0.4, 0.5) is 22.7 Å². The molecule has 0 bridgehead atoms. The first-order valence-electron chi connectivity index (χ1n) is 19.4. The zero-order valence-electron chi connectivity index (χ0n) is 33.6. The molecule has 7 aromatic carbocycles. The molecule has 7 aromatic rings. The zero-order chi connectivity index (χ0) is 38.1. The van der Waals surface area contributed by atoms with Crippen molar-refractivity contribution in [2.75, 3.05) is 10.2 Å². The molecule has 1 atom stereocenters. The van der Waals surface area contributed by atoms with Gasteiger partial charge < -0.3 is 10.2 Å². The van der Waals surface area contributed by atoms with Crippen LogP contribution in [-0.4, -0.2) is 0 Å². The molecule has 1 aliphatic rings. The number of hydrogen-bond donors (Lipinski definition) is 1. The van der Waals surface area contributed by atoms with E-state index < -0.39 is 5.54 Å². The molecule has 54 heavy (non-hydrogen) atoms. The van der Waals surface area contributed by atoms with Gasteiger partial charge in [-0.1, -0.05) is 108 Å². The molecule has 0 aliphatic heterocycles. The van der Waals surface area contributed by atoms with Gasteiger partial charge in [-0.05, 0) is 165 Å². The predicted molar refractivity (Wildman–Crippen MR) is 232 cm³/mol. The van der Waals surface area contributed by atoms with Gasteiger partial charge in [0.05, 0.1) is 16.9 Å². The number of anilines is 4. The van der Waals surface area contributed by atoms with E-state index in [9.17, 15) is 0 Å². The summed E-state index contributed by atoms with van der Waals surface area (Å²) in [5.41, 5.74) is 23.7. The second-order valence-electron chi connectivity index (χ2n) is 16.1. The lowest BCUT2D eigenvalue weighted by Crippen LogP contribution is -2.42. The van der Waals surface area contributed by atoms with E-state index in [1.807, 2.05) is 0 Å². The van der Waals surface area contributed by atoms with E-state index in [4.69, 9.17) is 0 Å². The molecule has 0 amide bonds. The van der Waals surface area contributed by atoms with Gasteiger partial charge in [-0.3, -0.25) is 0 Å². The van der Waals surface area contributed by atoms with Gasteiger partial charge in [0.15, 0.2) is 0 Å². The smallest absolute Gasteiger partial charge is 0.0926 e.